The van der Waals surface area contributed by atoms with Crippen LogP contribution in [0.1, 0.15) is 32.8 Å². The Morgan fingerprint density at radius 2 is 1.93 bits per heavy atom. The molecule has 0 saturated heterocycles. The van der Waals surface area contributed by atoms with E-state index in [4.69, 9.17) is 10.5 Å². The number of ether oxygens (including phenoxy) is 1. The third-order valence-electron chi connectivity index (χ3n) is 2.42. The Hall–Kier alpha value is -1.02. The van der Waals surface area contributed by atoms with Crippen LogP contribution in [0.3, 0.4) is 0 Å². The second kappa shape index (κ2) is 5.76. The van der Waals surface area contributed by atoms with E-state index in [1.165, 1.54) is 5.56 Å². The first-order valence-electron chi connectivity index (χ1n) is 5.63. The number of hydrogen-bond donors (Lipinski definition) is 1. The van der Waals surface area contributed by atoms with Gasteiger partial charge in [-0.1, -0.05) is 25.1 Å². The lowest BCUT2D eigenvalue weighted by Crippen LogP contribution is -2.19. The van der Waals surface area contributed by atoms with Gasteiger partial charge in [0.15, 0.2) is 0 Å². The van der Waals surface area contributed by atoms with E-state index in [-0.39, 0.29) is 12.1 Å². The lowest BCUT2D eigenvalue weighted by molar-refractivity contribution is 0.215. The molecule has 0 radical (unpaired) electrons. The smallest absolute Gasteiger partial charge is 0.122 e. The maximum atomic E-state index is 5.84. The molecule has 84 valence electrons. The first-order chi connectivity index (χ1) is 7.13. The number of nitrogens with two attached hydrogens (primary N) is 1. The Balaban J connectivity index is 2.76. The second-order valence-electron chi connectivity index (χ2n) is 4.13. The molecule has 0 aromatic heterocycles. The first kappa shape index (κ1) is 12.1. The molecule has 0 aliphatic heterocycles. The molecule has 0 saturated carbocycles. The summed E-state index contributed by atoms with van der Waals surface area (Å²) in [7, 11) is 0. The van der Waals surface area contributed by atoms with Gasteiger partial charge >= 0.3 is 0 Å². The predicted molar refractivity (Wildman–Crippen MR) is 64.2 cm³/mol. The summed E-state index contributed by atoms with van der Waals surface area (Å²) in [4.78, 5) is 0. The zero-order valence-electron chi connectivity index (χ0n) is 9.86. The summed E-state index contributed by atoms with van der Waals surface area (Å²) in [6.45, 7) is 6.22. The van der Waals surface area contributed by atoms with E-state index in [1.54, 1.807) is 0 Å². The molecule has 0 aliphatic carbocycles. The third-order valence-corrected chi connectivity index (χ3v) is 2.42. The lowest BCUT2D eigenvalue weighted by atomic mass is 10.1. The monoisotopic (exact) mass is 207 g/mol. The first-order valence-corrected chi connectivity index (χ1v) is 5.63. The van der Waals surface area contributed by atoms with Gasteiger partial charge in [0.1, 0.15) is 5.75 Å². The van der Waals surface area contributed by atoms with Crippen LogP contribution in [0.2, 0.25) is 0 Å². The summed E-state index contributed by atoms with van der Waals surface area (Å²) < 4.78 is 5.84. The van der Waals surface area contributed by atoms with Crippen molar-refractivity contribution >= 4 is 0 Å². The Labute approximate surface area is 92.4 Å². The van der Waals surface area contributed by atoms with Crippen LogP contribution in [0.15, 0.2) is 24.3 Å². The molecule has 1 rings (SSSR count). The molecule has 0 spiro atoms. The zero-order valence-corrected chi connectivity index (χ0v) is 9.86. The molecule has 2 N–H and O–H groups in total. The van der Waals surface area contributed by atoms with Crippen molar-refractivity contribution in [2.45, 2.75) is 45.8 Å². The van der Waals surface area contributed by atoms with Crippen LogP contribution in [0.4, 0.5) is 0 Å². The van der Waals surface area contributed by atoms with Crippen molar-refractivity contribution in [1.29, 1.82) is 0 Å². The van der Waals surface area contributed by atoms with Gasteiger partial charge in [-0.25, -0.2) is 0 Å². The van der Waals surface area contributed by atoms with Crippen molar-refractivity contribution < 1.29 is 4.74 Å². The Kier molecular flexibility index (Phi) is 4.63. The van der Waals surface area contributed by atoms with Crippen LogP contribution in [0, 0.1) is 0 Å². The summed E-state index contributed by atoms with van der Waals surface area (Å²) in [5, 5.41) is 0. The van der Waals surface area contributed by atoms with Crippen LogP contribution >= 0.6 is 0 Å². The maximum Gasteiger partial charge on any atom is 0.122 e. The fourth-order valence-electron chi connectivity index (χ4n) is 1.43. The van der Waals surface area contributed by atoms with Crippen LogP contribution < -0.4 is 10.5 Å². The van der Waals surface area contributed by atoms with E-state index in [9.17, 15) is 0 Å². The predicted octanol–water partition coefficient (Wildman–Crippen LogP) is 2.75. The molecule has 0 fully saturated rings. The lowest BCUT2D eigenvalue weighted by Gasteiger charge is -2.16. The Morgan fingerprint density at radius 3 is 2.53 bits per heavy atom. The maximum absolute atomic E-state index is 5.84. The zero-order chi connectivity index (χ0) is 11.3. The molecule has 1 aromatic carbocycles. The quantitative estimate of drug-likeness (QED) is 0.805. The highest BCUT2D eigenvalue weighted by Gasteiger charge is 2.07. The molecule has 15 heavy (non-hydrogen) atoms. The van der Waals surface area contributed by atoms with Gasteiger partial charge in [-0.3, -0.25) is 0 Å². The molecular formula is C13H21NO. The topological polar surface area (TPSA) is 35.2 Å². The van der Waals surface area contributed by atoms with E-state index in [0.717, 1.165) is 18.6 Å². The number of benzene rings is 1. The minimum atomic E-state index is 0.173. The SMILES string of the molecule is CCC(C)Oc1ccccc1C[C@H](C)N. The minimum absolute atomic E-state index is 0.173. The van der Waals surface area contributed by atoms with Gasteiger partial charge in [0, 0.05) is 6.04 Å². The molecule has 0 bridgehead atoms. The summed E-state index contributed by atoms with van der Waals surface area (Å²) in [6, 6.07) is 8.31. The van der Waals surface area contributed by atoms with Crippen molar-refractivity contribution in [2.24, 2.45) is 5.73 Å². The third kappa shape index (κ3) is 3.92. The van der Waals surface area contributed by atoms with Gasteiger partial charge in [-0.15, -0.1) is 0 Å². The molecule has 2 heteroatoms. The van der Waals surface area contributed by atoms with Gasteiger partial charge < -0.3 is 10.5 Å². The summed E-state index contributed by atoms with van der Waals surface area (Å²) in [5.74, 6) is 0.976. The van der Waals surface area contributed by atoms with Gasteiger partial charge in [0.05, 0.1) is 6.10 Å². The van der Waals surface area contributed by atoms with Gasteiger partial charge in [0.25, 0.3) is 0 Å². The number of hydrogen-bond acceptors (Lipinski definition) is 2. The highest BCUT2D eigenvalue weighted by atomic mass is 16.5. The number of rotatable bonds is 5. The van der Waals surface area contributed by atoms with Crippen molar-refractivity contribution in [2.75, 3.05) is 0 Å². The van der Waals surface area contributed by atoms with Gasteiger partial charge in [-0.05, 0) is 38.3 Å². The average molecular weight is 207 g/mol. The molecule has 0 heterocycles. The van der Waals surface area contributed by atoms with E-state index >= 15 is 0 Å². The largest absolute Gasteiger partial charge is 0.490 e. The number of para-hydroxylation sites is 1. The molecule has 0 amide bonds. The second-order valence-corrected chi connectivity index (χ2v) is 4.13. The van der Waals surface area contributed by atoms with Gasteiger partial charge in [-0.2, -0.15) is 0 Å². The fraction of sp³-hybridized carbons (Fsp3) is 0.538. The Morgan fingerprint density at radius 1 is 1.27 bits per heavy atom. The normalized spacial score (nSPS) is 14.7. The molecule has 1 aromatic rings. The highest BCUT2D eigenvalue weighted by molar-refractivity contribution is 5.34. The highest BCUT2D eigenvalue weighted by Crippen LogP contribution is 2.21. The van der Waals surface area contributed by atoms with Gasteiger partial charge in [0.2, 0.25) is 0 Å². The van der Waals surface area contributed by atoms with Crippen molar-refractivity contribution in [1.82, 2.24) is 0 Å². The minimum Gasteiger partial charge on any atom is -0.490 e. The van der Waals surface area contributed by atoms with E-state index in [1.807, 2.05) is 25.1 Å². The standard InChI is InChI=1S/C13H21NO/c1-4-11(3)15-13-8-6-5-7-12(13)9-10(2)14/h5-8,10-11H,4,9,14H2,1-3H3/t10-,11?/m0/s1. The van der Waals surface area contributed by atoms with Crippen LogP contribution in [-0.2, 0) is 6.42 Å². The molecular weight excluding hydrogens is 186 g/mol. The van der Waals surface area contributed by atoms with Crippen LogP contribution in [-0.4, -0.2) is 12.1 Å². The van der Waals surface area contributed by atoms with E-state index < -0.39 is 0 Å². The average Bonchev–Trinajstić information content (AvgIpc) is 2.20. The summed E-state index contributed by atoms with van der Waals surface area (Å²) in [6.07, 6.45) is 2.15. The van der Waals surface area contributed by atoms with Crippen LogP contribution in [0.25, 0.3) is 0 Å². The van der Waals surface area contributed by atoms with Crippen LogP contribution in [0.5, 0.6) is 5.75 Å². The fourth-order valence-corrected chi connectivity index (χ4v) is 1.43. The molecule has 1 unspecified atom stereocenters. The summed E-state index contributed by atoms with van der Waals surface area (Å²) in [5.41, 5.74) is 7.00. The Bertz CT molecular complexity index is 296. The molecule has 0 aliphatic rings. The summed E-state index contributed by atoms with van der Waals surface area (Å²) >= 11 is 0. The van der Waals surface area contributed by atoms with Crippen molar-refractivity contribution in [3.8, 4) is 5.75 Å². The van der Waals surface area contributed by atoms with E-state index in [0.29, 0.717) is 0 Å². The van der Waals surface area contributed by atoms with E-state index in [2.05, 4.69) is 19.9 Å². The molecule has 2 atom stereocenters. The van der Waals surface area contributed by atoms with Crippen molar-refractivity contribution in [3.63, 3.8) is 0 Å². The molecule has 2 nitrogen and oxygen atoms in total. The van der Waals surface area contributed by atoms with Crippen molar-refractivity contribution in [3.05, 3.63) is 29.8 Å².